The lowest BCUT2D eigenvalue weighted by Gasteiger charge is -2.10. The van der Waals surface area contributed by atoms with Gasteiger partial charge in [-0.05, 0) is 19.3 Å². The average molecular weight is 179 g/mol. The predicted octanol–water partition coefficient (Wildman–Crippen LogP) is 1.78. The van der Waals surface area contributed by atoms with Crippen LogP contribution in [0.15, 0.2) is 25.0 Å². The minimum absolute atomic E-state index is 0.0555. The van der Waals surface area contributed by atoms with E-state index in [1.807, 2.05) is 23.9 Å². The Morgan fingerprint density at radius 2 is 2.54 bits per heavy atom. The molecule has 0 saturated carbocycles. The van der Waals surface area contributed by atoms with Gasteiger partial charge >= 0.3 is 0 Å². The lowest BCUT2D eigenvalue weighted by Crippen LogP contribution is -2.14. The molecule has 0 aromatic carbocycles. The van der Waals surface area contributed by atoms with E-state index in [9.17, 15) is 0 Å². The van der Waals surface area contributed by atoms with E-state index in [-0.39, 0.29) is 6.04 Å². The van der Waals surface area contributed by atoms with Crippen molar-refractivity contribution in [3.8, 4) is 0 Å². The zero-order valence-corrected chi connectivity index (χ0v) is 8.11. The summed E-state index contributed by atoms with van der Waals surface area (Å²) in [6.07, 6.45) is 8.70. The summed E-state index contributed by atoms with van der Waals surface area (Å²) in [5, 5.41) is 0. The minimum Gasteiger partial charge on any atom is -0.337 e. The molecule has 0 amide bonds. The Balaban J connectivity index is 2.44. The van der Waals surface area contributed by atoms with Crippen molar-refractivity contribution in [2.45, 2.75) is 25.3 Å². The van der Waals surface area contributed by atoms with Crippen molar-refractivity contribution < 1.29 is 0 Å². The molecule has 1 heterocycles. The summed E-state index contributed by atoms with van der Waals surface area (Å²) in [7, 11) is 1.97. The first-order valence-corrected chi connectivity index (χ1v) is 4.59. The van der Waals surface area contributed by atoms with E-state index in [1.165, 1.54) is 0 Å². The Morgan fingerprint density at radius 3 is 3.08 bits per heavy atom. The highest BCUT2D eigenvalue weighted by atomic mass is 15.1. The van der Waals surface area contributed by atoms with Gasteiger partial charge in [0.05, 0.1) is 6.04 Å². The van der Waals surface area contributed by atoms with Crippen molar-refractivity contribution in [2.24, 2.45) is 12.8 Å². The maximum atomic E-state index is 5.96. The zero-order chi connectivity index (χ0) is 9.68. The molecule has 13 heavy (non-hydrogen) atoms. The maximum absolute atomic E-state index is 5.96. The third-order valence-corrected chi connectivity index (χ3v) is 2.11. The average Bonchev–Trinajstić information content (AvgIpc) is 2.52. The van der Waals surface area contributed by atoms with Gasteiger partial charge in [0.1, 0.15) is 5.82 Å². The standard InChI is InChI=1S/C10H17N3/c1-3-4-5-6-9(11)10-12-7-8-13(10)2/h3,7-9H,1,4-6,11H2,2H3. The van der Waals surface area contributed by atoms with Gasteiger partial charge in [0, 0.05) is 19.4 Å². The summed E-state index contributed by atoms with van der Waals surface area (Å²) in [4.78, 5) is 4.21. The van der Waals surface area contributed by atoms with Crippen LogP contribution in [0.1, 0.15) is 31.1 Å². The molecule has 2 N–H and O–H groups in total. The first kappa shape index (κ1) is 9.99. The zero-order valence-electron chi connectivity index (χ0n) is 8.11. The van der Waals surface area contributed by atoms with Crippen LogP contribution >= 0.6 is 0 Å². The molecule has 0 saturated heterocycles. The summed E-state index contributed by atoms with van der Waals surface area (Å²) in [6.45, 7) is 3.68. The number of nitrogens with two attached hydrogens (primary N) is 1. The Labute approximate surface area is 79.3 Å². The van der Waals surface area contributed by atoms with Gasteiger partial charge in [-0.25, -0.2) is 4.98 Å². The smallest absolute Gasteiger partial charge is 0.125 e. The van der Waals surface area contributed by atoms with Gasteiger partial charge in [-0.2, -0.15) is 0 Å². The van der Waals surface area contributed by atoms with Gasteiger partial charge in [0.2, 0.25) is 0 Å². The highest BCUT2D eigenvalue weighted by molar-refractivity contribution is 4.97. The van der Waals surface area contributed by atoms with E-state index in [4.69, 9.17) is 5.73 Å². The summed E-state index contributed by atoms with van der Waals surface area (Å²) in [6, 6.07) is 0.0555. The molecular weight excluding hydrogens is 162 g/mol. The molecular formula is C10H17N3. The van der Waals surface area contributed by atoms with Gasteiger partial charge in [-0.15, -0.1) is 6.58 Å². The van der Waals surface area contributed by atoms with Crippen LogP contribution in [-0.4, -0.2) is 9.55 Å². The fourth-order valence-corrected chi connectivity index (χ4v) is 1.35. The van der Waals surface area contributed by atoms with E-state index >= 15 is 0 Å². The number of nitrogens with zero attached hydrogens (tertiary/aromatic N) is 2. The lowest BCUT2D eigenvalue weighted by atomic mass is 10.1. The van der Waals surface area contributed by atoms with Gasteiger partial charge in [-0.3, -0.25) is 0 Å². The second-order valence-electron chi connectivity index (χ2n) is 3.22. The summed E-state index contributed by atoms with van der Waals surface area (Å²) in [5.74, 6) is 0.962. The molecule has 3 nitrogen and oxygen atoms in total. The van der Waals surface area contributed by atoms with Crippen molar-refractivity contribution >= 4 is 0 Å². The molecule has 0 bridgehead atoms. The number of aromatic nitrogens is 2. The SMILES string of the molecule is C=CCCCC(N)c1nccn1C. The van der Waals surface area contributed by atoms with Crippen molar-refractivity contribution in [1.29, 1.82) is 0 Å². The van der Waals surface area contributed by atoms with Crippen molar-refractivity contribution in [3.63, 3.8) is 0 Å². The largest absolute Gasteiger partial charge is 0.337 e. The third-order valence-electron chi connectivity index (χ3n) is 2.11. The quantitative estimate of drug-likeness (QED) is 0.553. The molecule has 0 fully saturated rings. The number of hydrogen-bond donors (Lipinski definition) is 1. The maximum Gasteiger partial charge on any atom is 0.125 e. The molecule has 0 aliphatic rings. The lowest BCUT2D eigenvalue weighted by molar-refractivity contribution is 0.566. The van der Waals surface area contributed by atoms with Gasteiger partial charge in [0.25, 0.3) is 0 Å². The molecule has 72 valence electrons. The van der Waals surface area contributed by atoms with Crippen molar-refractivity contribution in [3.05, 3.63) is 30.9 Å². The first-order valence-electron chi connectivity index (χ1n) is 4.59. The number of allylic oxidation sites excluding steroid dienone is 1. The van der Waals surface area contributed by atoms with E-state index in [0.717, 1.165) is 25.1 Å². The van der Waals surface area contributed by atoms with Gasteiger partial charge in [0.15, 0.2) is 0 Å². The Hall–Kier alpha value is -1.09. The van der Waals surface area contributed by atoms with Crippen LogP contribution in [0.5, 0.6) is 0 Å². The topological polar surface area (TPSA) is 43.8 Å². The summed E-state index contributed by atoms with van der Waals surface area (Å²) in [5.41, 5.74) is 5.96. The predicted molar refractivity (Wildman–Crippen MR) is 54.2 cm³/mol. The molecule has 1 aromatic rings. The molecule has 1 rings (SSSR count). The molecule has 1 aromatic heterocycles. The first-order chi connectivity index (χ1) is 6.25. The molecule has 0 spiro atoms. The summed E-state index contributed by atoms with van der Waals surface area (Å²) >= 11 is 0. The number of imidazole rings is 1. The number of aryl methyl sites for hydroxylation is 1. The number of hydrogen-bond acceptors (Lipinski definition) is 2. The van der Waals surface area contributed by atoms with Crippen molar-refractivity contribution in [2.75, 3.05) is 0 Å². The van der Waals surface area contributed by atoms with Crippen LogP contribution in [0.3, 0.4) is 0 Å². The molecule has 0 aliphatic heterocycles. The minimum atomic E-state index is 0.0555. The van der Waals surface area contributed by atoms with Crippen LogP contribution in [0, 0.1) is 0 Å². The highest BCUT2D eigenvalue weighted by Crippen LogP contribution is 2.13. The van der Waals surface area contributed by atoms with Crippen LogP contribution in [0.4, 0.5) is 0 Å². The monoisotopic (exact) mass is 179 g/mol. The Morgan fingerprint density at radius 1 is 1.77 bits per heavy atom. The number of unbranched alkanes of at least 4 members (excludes halogenated alkanes) is 1. The van der Waals surface area contributed by atoms with Crippen LogP contribution in [0.25, 0.3) is 0 Å². The van der Waals surface area contributed by atoms with Gasteiger partial charge in [-0.1, -0.05) is 6.08 Å². The van der Waals surface area contributed by atoms with Crippen LogP contribution in [0.2, 0.25) is 0 Å². The van der Waals surface area contributed by atoms with E-state index < -0.39 is 0 Å². The molecule has 0 radical (unpaired) electrons. The molecule has 1 atom stereocenters. The van der Waals surface area contributed by atoms with Crippen LogP contribution < -0.4 is 5.73 Å². The fourth-order valence-electron chi connectivity index (χ4n) is 1.35. The second kappa shape index (κ2) is 4.82. The van der Waals surface area contributed by atoms with E-state index in [2.05, 4.69) is 11.6 Å². The Kier molecular flexibility index (Phi) is 3.71. The van der Waals surface area contributed by atoms with Gasteiger partial charge < -0.3 is 10.3 Å². The number of rotatable bonds is 5. The highest BCUT2D eigenvalue weighted by Gasteiger charge is 2.09. The van der Waals surface area contributed by atoms with Crippen molar-refractivity contribution in [1.82, 2.24) is 9.55 Å². The van der Waals surface area contributed by atoms with Crippen LogP contribution in [-0.2, 0) is 7.05 Å². The molecule has 3 heteroatoms. The second-order valence-corrected chi connectivity index (χ2v) is 3.22. The molecule has 0 aliphatic carbocycles. The molecule has 1 unspecified atom stereocenters. The fraction of sp³-hybridized carbons (Fsp3) is 0.500. The van der Waals surface area contributed by atoms with E-state index in [1.54, 1.807) is 6.20 Å². The normalized spacial score (nSPS) is 12.8. The Bertz CT molecular complexity index is 265. The van der Waals surface area contributed by atoms with E-state index in [0.29, 0.717) is 0 Å². The summed E-state index contributed by atoms with van der Waals surface area (Å²) < 4.78 is 1.97. The third kappa shape index (κ3) is 2.70.